The van der Waals surface area contributed by atoms with Crippen LogP contribution in [-0.4, -0.2) is 12.1 Å². The van der Waals surface area contributed by atoms with E-state index in [1.165, 1.54) is 25.5 Å². The highest BCUT2D eigenvalue weighted by Crippen LogP contribution is 2.22. The summed E-state index contributed by atoms with van der Waals surface area (Å²) in [6.45, 7) is 0. The first-order valence-corrected chi connectivity index (χ1v) is 4.88. The summed E-state index contributed by atoms with van der Waals surface area (Å²) >= 11 is 0. The molecular weight excluding hydrogens is 223 g/mol. The van der Waals surface area contributed by atoms with E-state index in [4.69, 9.17) is 14.4 Å². The number of hydrogen-bond acceptors (Lipinski definition) is 4. The summed E-state index contributed by atoms with van der Waals surface area (Å²) in [6, 6.07) is 7.68. The van der Waals surface area contributed by atoms with Crippen LogP contribution < -0.4 is 0 Å². The third kappa shape index (κ3) is 2.32. The predicted molar refractivity (Wildman–Crippen MR) is 57.3 cm³/mol. The molecule has 4 nitrogen and oxygen atoms in total. The van der Waals surface area contributed by atoms with Gasteiger partial charge < -0.3 is 9.15 Å². The smallest absolute Gasteiger partial charge is 0.226 e. The van der Waals surface area contributed by atoms with Gasteiger partial charge in [0, 0.05) is 12.7 Å². The minimum absolute atomic E-state index is 0.327. The number of nitriles is 1. The van der Waals surface area contributed by atoms with Gasteiger partial charge in [-0.05, 0) is 24.3 Å². The second-order valence-electron chi connectivity index (χ2n) is 3.33. The molecule has 2 rings (SSSR count). The molecule has 0 saturated carbocycles. The number of methoxy groups -OCH3 is 1. The van der Waals surface area contributed by atoms with Crippen molar-refractivity contribution in [2.45, 2.75) is 6.10 Å². The molecule has 5 heteroatoms. The largest absolute Gasteiger partial charge is 0.444 e. The van der Waals surface area contributed by atoms with Crippen LogP contribution in [0.3, 0.4) is 0 Å². The Labute approximate surface area is 97.3 Å². The number of halogens is 1. The minimum atomic E-state index is -0.757. The van der Waals surface area contributed by atoms with E-state index in [0.29, 0.717) is 17.1 Å². The molecule has 2 aromatic rings. The van der Waals surface area contributed by atoms with Crippen LogP contribution >= 0.6 is 0 Å². The molecule has 0 aliphatic heterocycles. The summed E-state index contributed by atoms with van der Waals surface area (Å²) < 4.78 is 22.9. The highest BCUT2D eigenvalue weighted by Gasteiger charge is 2.15. The first kappa shape index (κ1) is 11.3. The molecule has 0 radical (unpaired) electrons. The summed E-state index contributed by atoms with van der Waals surface area (Å²) in [4.78, 5) is 4.12. The standard InChI is InChI=1S/C12H9FN2O2/c1-16-11(6-14)10-7-17-12(15-10)8-2-4-9(13)5-3-8/h2-5,7,11H,1H3. The summed E-state index contributed by atoms with van der Waals surface area (Å²) in [5, 5.41) is 8.79. The molecule has 17 heavy (non-hydrogen) atoms. The topological polar surface area (TPSA) is 59.0 Å². The molecule has 0 amide bonds. The SMILES string of the molecule is COC(C#N)c1coc(-c2ccc(F)cc2)n1. The van der Waals surface area contributed by atoms with E-state index in [2.05, 4.69) is 4.98 Å². The van der Waals surface area contributed by atoms with Gasteiger partial charge in [0.05, 0.1) is 0 Å². The molecule has 1 unspecified atom stereocenters. The monoisotopic (exact) mass is 232 g/mol. The lowest BCUT2D eigenvalue weighted by molar-refractivity contribution is 0.145. The average Bonchev–Trinajstić information content (AvgIpc) is 2.81. The minimum Gasteiger partial charge on any atom is -0.444 e. The maximum Gasteiger partial charge on any atom is 0.226 e. The lowest BCUT2D eigenvalue weighted by atomic mass is 10.2. The Kier molecular flexibility index (Phi) is 3.17. The molecule has 1 aromatic carbocycles. The number of benzene rings is 1. The number of aromatic nitrogens is 1. The van der Waals surface area contributed by atoms with E-state index in [-0.39, 0.29) is 5.82 Å². The molecule has 1 heterocycles. The van der Waals surface area contributed by atoms with Crippen LogP contribution in [0.1, 0.15) is 11.8 Å². The molecular formula is C12H9FN2O2. The summed E-state index contributed by atoms with van der Waals surface area (Å²) in [7, 11) is 1.42. The summed E-state index contributed by atoms with van der Waals surface area (Å²) in [5.74, 6) is 0.00428. The van der Waals surface area contributed by atoms with Gasteiger partial charge in [0.25, 0.3) is 0 Å². The molecule has 1 atom stereocenters. The molecule has 86 valence electrons. The molecule has 0 saturated heterocycles. The Balaban J connectivity index is 2.30. The third-order valence-corrected chi connectivity index (χ3v) is 2.23. The summed E-state index contributed by atoms with van der Waals surface area (Å²) in [5.41, 5.74) is 1.04. The molecule has 1 aromatic heterocycles. The highest BCUT2D eigenvalue weighted by molar-refractivity contribution is 5.52. The fraction of sp³-hybridized carbons (Fsp3) is 0.167. The van der Waals surface area contributed by atoms with Crippen molar-refractivity contribution in [3.8, 4) is 17.5 Å². The van der Waals surface area contributed by atoms with E-state index in [1.807, 2.05) is 6.07 Å². The maximum absolute atomic E-state index is 12.7. The van der Waals surface area contributed by atoms with Gasteiger partial charge in [0.15, 0.2) is 6.10 Å². The number of rotatable bonds is 3. The van der Waals surface area contributed by atoms with Crippen molar-refractivity contribution in [1.82, 2.24) is 4.98 Å². The second kappa shape index (κ2) is 4.76. The highest BCUT2D eigenvalue weighted by atomic mass is 19.1. The second-order valence-corrected chi connectivity index (χ2v) is 3.33. The van der Waals surface area contributed by atoms with Crippen molar-refractivity contribution in [2.75, 3.05) is 7.11 Å². The Morgan fingerprint density at radius 1 is 1.41 bits per heavy atom. The lowest BCUT2D eigenvalue weighted by Crippen LogP contribution is -1.97. The first-order chi connectivity index (χ1) is 8.24. The van der Waals surface area contributed by atoms with Crippen molar-refractivity contribution in [3.63, 3.8) is 0 Å². The summed E-state index contributed by atoms with van der Waals surface area (Å²) in [6.07, 6.45) is 0.601. The van der Waals surface area contributed by atoms with Crippen LogP contribution in [-0.2, 0) is 4.74 Å². The fourth-order valence-electron chi connectivity index (χ4n) is 1.37. The molecule has 0 spiro atoms. The lowest BCUT2D eigenvalue weighted by Gasteiger charge is -1.99. The van der Waals surface area contributed by atoms with Crippen LogP contribution in [0.15, 0.2) is 34.9 Å². The molecule has 0 aliphatic carbocycles. The van der Waals surface area contributed by atoms with Crippen molar-refractivity contribution in [2.24, 2.45) is 0 Å². The number of oxazole rings is 1. The normalized spacial score (nSPS) is 12.1. The quantitative estimate of drug-likeness (QED) is 0.816. The fourth-order valence-corrected chi connectivity index (χ4v) is 1.37. The zero-order valence-corrected chi connectivity index (χ0v) is 9.05. The van der Waals surface area contributed by atoms with Gasteiger partial charge in [-0.25, -0.2) is 9.37 Å². The number of ether oxygens (including phenoxy) is 1. The Hall–Kier alpha value is -2.19. The van der Waals surface area contributed by atoms with Gasteiger partial charge in [-0.1, -0.05) is 0 Å². The van der Waals surface area contributed by atoms with Crippen molar-refractivity contribution < 1.29 is 13.5 Å². The van der Waals surface area contributed by atoms with Crippen LogP contribution in [0.4, 0.5) is 4.39 Å². The van der Waals surface area contributed by atoms with Gasteiger partial charge in [-0.15, -0.1) is 0 Å². The van der Waals surface area contributed by atoms with Gasteiger partial charge in [-0.3, -0.25) is 0 Å². The van der Waals surface area contributed by atoms with E-state index < -0.39 is 6.10 Å². The zero-order chi connectivity index (χ0) is 12.3. The number of hydrogen-bond donors (Lipinski definition) is 0. The van der Waals surface area contributed by atoms with Gasteiger partial charge in [0.2, 0.25) is 5.89 Å². The first-order valence-electron chi connectivity index (χ1n) is 4.88. The van der Waals surface area contributed by atoms with Gasteiger partial charge in [-0.2, -0.15) is 5.26 Å². The van der Waals surface area contributed by atoms with Crippen LogP contribution in [0.25, 0.3) is 11.5 Å². The van der Waals surface area contributed by atoms with Gasteiger partial charge in [0.1, 0.15) is 23.8 Å². The Morgan fingerprint density at radius 3 is 2.71 bits per heavy atom. The Bertz CT molecular complexity index is 542. The Morgan fingerprint density at radius 2 is 2.12 bits per heavy atom. The van der Waals surface area contributed by atoms with Crippen LogP contribution in [0.2, 0.25) is 0 Å². The van der Waals surface area contributed by atoms with Gasteiger partial charge >= 0.3 is 0 Å². The average molecular weight is 232 g/mol. The third-order valence-electron chi connectivity index (χ3n) is 2.23. The molecule has 0 aliphatic rings. The maximum atomic E-state index is 12.7. The van der Waals surface area contributed by atoms with E-state index in [9.17, 15) is 4.39 Å². The van der Waals surface area contributed by atoms with Crippen molar-refractivity contribution >= 4 is 0 Å². The molecule has 0 fully saturated rings. The molecule has 0 bridgehead atoms. The van der Waals surface area contributed by atoms with Crippen LogP contribution in [0, 0.1) is 17.1 Å². The van der Waals surface area contributed by atoms with E-state index >= 15 is 0 Å². The number of nitrogens with zero attached hydrogens (tertiary/aromatic N) is 2. The molecule has 0 N–H and O–H groups in total. The van der Waals surface area contributed by atoms with Crippen LogP contribution in [0.5, 0.6) is 0 Å². The van der Waals surface area contributed by atoms with Crippen molar-refractivity contribution in [3.05, 3.63) is 42.0 Å². The van der Waals surface area contributed by atoms with E-state index in [1.54, 1.807) is 12.1 Å². The predicted octanol–water partition coefficient (Wildman–Crippen LogP) is 2.69. The zero-order valence-electron chi connectivity index (χ0n) is 9.05. The van der Waals surface area contributed by atoms with E-state index in [0.717, 1.165) is 0 Å². The van der Waals surface area contributed by atoms with Crippen molar-refractivity contribution in [1.29, 1.82) is 5.26 Å².